The molecule has 204 valence electrons. The molecule has 2 aliphatic rings. The summed E-state index contributed by atoms with van der Waals surface area (Å²) in [5.74, 6) is 0.656. The third kappa shape index (κ3) is 7.33. The van der Waals surface area contributed by atoms with E-state index in [0.29, 0.717) is 35.8 Å². The van der Waals surface area contributed by atoms with Crippen LogP contribution in [0.4, 0.5) is 13.2 Å². The monoisotopic (exact) mass is 514 g/mol. The van der Waals surface area contributed by atoms with Gasteiger partial charge in [-0.05, 0) is 118 Å². The van der Waals surface area contributed by atoms with E-state index in [2.05, 4.69) is 6.92 Å². The number of unbranched alkanes of at least 4 members (excludes halogenated alkanes) is 2. The summed E-state index contributed by atoms with van der Waals surface area (Å²) in [6, 6.07) is 8.89. The van der Waals surface area contributed by atoms with Crippen LogP contribution in [0.5, 0.6) is 5.75 Å². The highest BCUT2D eigenvalue weighted by Crippen LogP contribution is 2.42. The number of hydrogen-bond acceptors (Lipinski definition) is 1. The molecule has 2 saturated carbocycles. The normalized spacial score (nSPS) is 24.2. The fourth-order valence-electron chi connectivity index (χ4n) is 6.76. The van der Waals surface area contributed by atoms with Crippen LogP contribution in [-0.2, 0) is 6.42 Å². The third-order valence-corrected chi connectivity index (χ3v) is 9.09. The molecule has 2 aromatic carbocycles. The Bertz CT molecular complexity index is 987. The van der Waals surface area contributed by atoms with Crippen molar-refractivity contribution in [2.75, 3.05) is 6.61 Å². The highest BCUT2D eigenvalue weighted by molar-refractivity contribution is 5.32. The maximum Gasteiger partial charge on any atom is 0.162 e. The van der Waals surface area contributed by atoms with E-state index in [4.69, 9.17) is 4.74 Å². The van der Waals surface area contributed by atoms with E-state index in [9.17, 15) is 4.39 Å². The van der Waals surface area contributed by atoms with Crippen molar-refractivity contribution in [1.82, 2.24) is 0 Å². The van der Waals surface area contributed by atoms with E-state index in [0.717, 1.165) is 69.3 Å². The minimum absolute atomic E-state index is 0.0799. The molecule has 1 nitrogen and oxygen atoms in total. The molecule has 0 atom stereocenters. The van der Waals surface area contributed by atoms with E-state index >= 15 is 8.78 Å². The first kappa shape index (κ1) is 28.0. The fraction of sp³-hybridized carbons (Fsp3) is 0.636. The van der Waals surface area contributed by atoms with Gasteiger partial charge in [-0.25, -0.2) is 13.2 Å². The Morgan fingerprint density at radius 2 is 1.27 bits per heavy atom. The Morgan fingerprint density at radius 3 is 1.78 bits per heavy atom. The number of ether oxygens (including phenoxy) is 1. The highest BCUT2D eigenvalue weighted by Gasteiger charge is 2.29. The summed E-state index contributed by atoms with van der Waals surface area (Å²) in [7, 11) is 0. The van der Waals surface area contributed by atoms with Gasteiger partial charge in [0.05, 0.1) is 6.61 Å². The van der Waals surface area contributed by atoms with Gasteiger partial charge < -0.3 is 4.74 Å². The summed E-state index contributed by atoms with van der Waals surface area (Å²) in [6.45, 7) is 4.64. The quantitative estimate of drug-likeness (QED) is 0.271. The van der Waals surface area contributed by atoms with E-state index in [1.54, 1.807) is 0 Å². The number of halogens is 3. The van der Waals surface area contributed by atoms with Crippen LogP contribution in [0.3, 0.4) is 0 Å². The van der Waals surface area contributed by atoms with Crippen LogP contribution in [-0.4, -0.2) is 6.61 Å². The van der Waals surface area contributed by atoms with Crippen molar-refractivity contribution in [2.24, 2.45) is 11.8 Å². The molecule has 0 aromatic heterocycles. The number of rotatable bonds is 11. The number of benzene rings is 2. The molecular weight excluding hydrogens is 469 g/mol. The van der Waals surface area contributed by atoms with Crippen LogP contribution in [0, 0.1) is 29.3 Å². The molecule has 2 aliphatic carbocycles. The molecule has 0 saturated heterocycles. The van der Waals surface area contributed by atoms with Gasteiger partial charge in [-0.15, -0.1) is 0 Å². The first-order valence-electron chi connectivity index (χ1n) is 14.9. The summed E-state index contributed by atoms with van der Waals surface area (Å²) >= 11 is 0. The summed E-state index contributed by atoms with van der Waals surface area (Å²) in [4.78, 5) is 0. The van der Waals surface area contributed by atoms with Gasteiger partial charge in [0.2, 0.25) is 0 Å². The minimum Gasteiger partial charge on any atom is -0.494 e. The maximum absolute atomic E-state index is 15.3. The van der Waals surface area contributed by atoms with Crippen LogP contribution in [0.15, 0.2) is 30.3 Å². The molecule has 0 unspecified atom stereocenters. The van der Waals surface area contributed by atoms with Crippen molar-refractivity contribution in [2.45, 2.75) is 116 Å². The van der Waals surface area contributed by atoms with Crippen LogP contribution >= 0.6 is 0 Å². The van der Waals surface area contributed by atoms with Crippen LogP contribution in [0.2, 0.25) is 0 Å². The lowest BCUT2D eigenvalue weighted by Gasteiger charge is -2.31. The molecule has 37 heavy (non-hydrogen) atoms. The molecule has 0 aliphatic heterocycles. The van der Waals surface area contributed by atoms with Crippen molar-refractivity contribution in [1.29, 1.82) is 0 Å². The Labute approximate surface area is 222 Å². The van der Waals surface area contributed by atoms with Crippen LogP contribution < -0.4 is 4.74 Å². The molecule has 4 rings (SSSR count). The summed E-state index contributed by atoms with van der Waals surface area (Å²) in [6.07, 6.45) is 14.7. The summed E-state index contributed by atoms with van der Waals surface area (Å²) in [5.41, 5.74) is 1.88. The Balaban J connectivity index is 1.27. The van der Waals surface area contributed by atoms with Gasteiger partial charge in [-0.3, -0.25) is 0 Å². The molecule has 0 amide bonds. The second kappa shape index (κ2) is 13.7. The lowest BCUT2D eigenvalue weighted by molar-refractivity contribution is 0.294. The van der Waals surface area contributed by atoms with E-state index in [1.165, 1.54) is 31.7 Å². The number of aryl methyl sites for hydroxylation is 1. The molecule has 0 bridgehead atoms. The lowest BCUT2D eigenvalue weighted by Crippen LogP contribution is -2.18. The van der Waals surface area contributed by atoms with Gasteiger partial charge in [-0.1, -0.05) is 50.8 Å². The molecule has 0 spiro atoms. The molecular formula is C33H45F3O. The third-order valence-electron chi connectivity index (χ3n) is 9.09. The predicted molar refractivity (Wildman–Crippen MR) is 146 cm³/mol. The average molecular weight is 515 g/mol. The summed E-state index contributed by atoms with van der Waals surface area (Å²) in [5, 5.41) is 0. The Morgan fingerprint density at radius 1 is 0.703 bits per heavy atom. The van der Waals surface area contributed by atoms with Gasteiger partial charge in [0.15, 0.2) is 11.6 Å². The van der Waals surface area contributed by atoms with Crippen molar-refractivity contribution < 1.29 is 17.9 Å². The highest BCUT2D eigenvalue weighted by atomic mass is 19.2. The molecule has 0 N–H and O–H groups in total. The van der Waals surface area contributed by atoms with Crippen LogP contribution in [0.25, 0.3) is 0 Å². The van der Waals surface area contributed by atoms with Gasteiger partial charge in [0, 0.05) is 6.07 Å². The minimum atomic E-state index is -0.609. The van der Waals surface area contributed by atoms with Gasteiger partial charge in [-0.2, -0.15) is 0 Å². The van der Waals surface area contributed by atoms with E-state index in [1.807, 2.05) is 31.2 Å². The second-order valence-electron chi connectivity index (χ2n) is 11.5. The zero-order chi connectivity index (χ0) is 26.2. The van der Waals surface area contributed by atoms with Crippen molar-refractivity contribution in [3.05, 3.63) is 64.5 Å². The molecule has 0 radical (unpaired) electrons. The topological polar surface area (TPSA) is 9.23 Å². The van der Waals surface area contributed by atoms with E-state index < -0.39 is 11.6 Å². The average Bonchev–Trinajstić information content (AvgIpc) is 2.91. The zero-order valence-electron chi connectivity index (χ0n) is 22.8. The van der Waals surface area contributed by atoms with Gasteiger partial charge in [0.1, 0.15) is 11.6 Å². The standard InChI is InChI=1S/C33H45F3O/c1-3-5-6-7-23-8-13-25(14-9-23)29-20-21-30(33(36)32(29)35)26-15-10-24(11-16-26)12-17-27-18-19-28(37-4-2)22-31(27)34/h18-26H,3-17H2,1-2H3. The fourth-order valence-corrected chi connectivity index (χ4v) is 6.76. The largest absolute Gasteiger partial charge is 0.494 e. The van der Waals surface area contributed by atoms with Crippen molar-refractivity contribution in [3.63, 3.8) is 0 Å². The molecule has 2 fully saturated rings. The van der Waals surface area contributed by atoms with E-state index in [-0.39, 0.29) is 17.7 Å². The maximum atomic E-state index is 15.3. The lowest BCUT2D eigenvalue weighted by atomic mass is 9.75. The smallest absolute Gasteiger partial charge is 0.162 e. The Kier molecular flexibility index (Phi) is 10.4. The van der Waals surface area contributed by atoms with Crippen molar-refractivity contribution in [3.8, 4) is 5.75 Å². The van der Waals surface area contributed by atoms with Crippen LogP contribution in [0.1, 0.15) is 126 Å². The van der Waals surface area contributed by atoms with Gasteiger partial charge in [0.25, 0.3) is 0 Å². The second-order valence-corrected chi connectivity index (χ2v) is 11.5. The first-order chi connectivity index (χ1) is 18.0. The molecule has 4 heteroatoms. The van der Waals surface area contributed by atoms with Crippen molar-refractivity contribution >= 4 is 0 Å². The summed E-state index contributed by atoms with van der Waals surface area (Å²) < 4.78 is 50.2. The molecule has 2 aromatic rings. The predicted octanol–water partition coefficient (Wildman–Crippen LogP) is 10.3. The SMILES string of the molecule is CCCCCC1CCC(c2ccc(C3CCC(CCc4ccc(OCC)cc4F)CC3)c(F)c2F)CC1. The Hall–Kier alpha value is -1.97. The number of hydrogen-bond donors (Lipinski definition) is 0. The van der Waals surface area contributed by atoms with Gasteiger partial charge >= 0.3 is 0 Å². The first-order valence-corrected chi connectivity index (χ1v) is 14.9. The zero-order valence-corrected chi connectivity index (χ0v) is 22.8. The molecule has 0 heterocycles.